The van der Waals surface area contributed by atoms with Crippen LogP contribution in [0.15, 0.2) is 54.6 Å². The highest BCUT2D eigenvalue weighted by atomic mass is 16.6. The Morgan fingerprint density at radius 3 is 2.68 bits per heavy atom. The lowest BCUT2D eigenvalue weighted by Gasteiger charge is -2.35. The van der Waals surface area contributed by atoms with E-state index in [0.717, 1.165) is 24.8 Å². The molecule has 4 heterocycles. The highest BCUT2D eigenvalue weighted by molar-refractivity contribution is 5.99. The number of β-amino-alcohol motifs (C(OH)–C–C–N with tert-alkyl or cyclic N) is 1. The average molecular weight is 467 g/mol. The first kappa shape index (κ1) is 22.8. The van der Waals surface area contributed by atoms with Crippen LogP contribution in [0.4, 0.5) is 0 Å². The van der Waals surface area contributed by atoms with Gasteiger partial charge in [0.05, 0.1) is 25.2 Å². The van der Waals surface area contributed by atoms with E-state index in [2.05, 4.69) is 0 Å². The number of hydrogen-bond acceptors (Lipinski definition) is 6. The summed E-state index contributed by atoms with van der Waals surface area (Å²) in [5.41, 5.74) is -0.315. The standard InChI is InChI=1S/C26H30N2O6/c29-15-14-28-22-24(31)27(17-18-9-4-3-5-10-18)13-8-12-26(22)21(23(28)30)20-19(34-26)11-6-1-2-7-16-33-25(20)32/h3-6,8-12,19-22,29H,1-2,7,13-17H2/b11-6-/t19-,20+,21-,22?,26-/m0/s1. The Morgan fingerprint density at radius 1 is 1.06 bits per heavy atom. The van der Waals surface area contributed by atoms with Crippen molar-refractivity contribution in [1.29, 1.82) is 0 Å². The molecule has 2 amide bonds. The van der Waals surface area contributed by atoms with Crippen molar-refractivity contribution in [2.75, 3.05) is 26.3 Å². The van der Waals surface area contributed by atoms with Gasteiger partial charge in [-0.2, -0.15) is 0 Å². The number of allylic oxidation sites excluding steroid dienone is 1. The Labute approximate surface area is 198 Å². The monoisotopic (exact) mass is 466 g/mol. The molecule has 0 saturated carbocycles. The van der Waals surface area contributed by atoms with Gasteiger partial charge in [-0.3, -0.25) is 14.4 Å². The van der Waals surface area contributed by atoms with Gasteiger partial charge in [-0.25, -0.2) is 0 Å². The summed E-state index contributed by atoms with van der Waals surface area (Å²) in [7, 11) is 0. The zero-order chi connectivity index (χ0) is 23.7. The molecule has 2 saturated heterocycles. The molecule has 34 heavy (non-hydrogen) atoms. The summed E-state index contributed by atoms with van der Waals surface area (Å²) < 4.78 is 12.0. The van der Waals surface area contributed by atoms with Gasteiger partial charge in [0, 0.05) is 19.6 Å². The quantitative estimate of drug-likeness (QED) is 0.533. The first-order valence-electron chi connectivity index (χ1n) is 12.0. The molecular formula is C26H30N2O6. The van der Waals surface area contributed by atoms with E-state index in [1.165, 1.54) is 4.90 Å². The topological polar surface area (TPSA) is 96.4 Å². The van der Waals surface area contributed by atoms with Gasteiger partial charge in [0.15, 0.2) is 0 Å². The number of benzene rings is 1. The Balaban J connectivity index is 1.55. The molecule has 0 radical (unpaired) electrons. The Hall–Kier alpha value is -2.97. The molecule has 5 atom stereocenters. The van der Waals surface area contributed by atoms with Crippen molar-refractivity contribution in [3.8, 4) is 0 Å². The zero-order valence-electron chi connectivity index (χ0n) is 19.0. The molecule has 1 aromatic carbocycles. The van der Waals surface area contributed by atoms with E-state index in [1.54, 1.807) is 11.0 Å². The molecule has 1 aromatic rings. The van der Waals surface area contributed by atoms with E-state index >= 15 is 0 Å². The molecule has 8 heteroatoms. The lowest BCUT2D eigenvalue weighted by molar-refractivity contribution is -0.155. The van der Waals surface area contributed by atoms with Gasteiger partial charge in [0.1, 0.15) is 17.6 Å². The maximum Gasteiger partial charge on any atom is 0.312 e. The Bertz CT molecular complexity index is 1010. The molecule has 5 rings (SSSR count). The minimum atomic E-state index is -1.29. The van der Waals surface area contributed by atoms with Crippen molar-refractivity contribution in [3.63, 3.8) is 0 Å². The van der Waals surface area contributed by atoms with Crippen molar-refractivity contribution < 1.29 is 29.0 Å². The van der Waals surface area contributed by atoms with Crippen LogP contribution < -0.4 is 0 Å². The highest BCUT2D eigenvalue weighted by Gasteiger charge is 2.71. The van der Waals surface area contributed by atoms with E-state index < -0.39 is 35.6 Å². The number of hydrogen-bond donors (Lipinski definition) is 1. The van der Waals surface area contributed by atoms with Crippen molar-refractivity contribution in [1.82, 2.24) is 9.80 Å². The first-order chi connectivity index (χ1) is 16.6. The minimum Gasteiger partial charge on any atom is -0.465 e. The van der Waals surface area contributed by atoms with Gasteiger partial charge >= 0.3 is 5.97 Å². The van der Waals surface area contributed by atoms with Crippen LogP contribution in [-0.2, 0) is 30.4 Å². The average Bonchev–Trinajstić information content (AvgIpc) is 3.22. The zero-order valence-corrected chi connectivity index (χ0v) is 19.0. The van der Waals surface area contributed by atoms with E-state index in [9.17, 15) is 19.5 Å². The van der Waals surface area contributed by atoms with E-state index in [1.807, 2.05) is 48.6 Å². The summed E-state index contributed by atoms with van der Waals surface area (Å²) in [6, 6.07) is 8.70. The van der Waals surface area contributed by atoms with Crippen molar-refractivity contribution >= 4 is 17.8 Å². The van der Waals surface area contributed by atoms with E-state index in [0.29, 0.717) is 19.7 Å². The molecule has 0 aromatic heterocycles. The molecule has 0 bridgehead atoms. The molecule has 0 aliphatic carbocycles. The molecule has 4 aliphatic rings. The second-order valence-electron chi connectivity index (χ2n) is 9.30. The predicted octanol–water partition coefficient (Wildman–Crippen LogP) is 1.44. The van der Waals surface area contributed by atoms with E-state index in [-0.39, 0.29) is 25.0 Å². The van der Waals surface area contributed by atoms with Crippen LogP contribution in [0.3, 0.4) is 0 Å². The van der Waals surface area contributed by atoms with Gasteiger partial charge in [0.25, 0.3) is 0 Å². The van der Waals surface area contributed by atoms with Crippen LogP contribution in [0.5, 0.6) is 0 Å². The maximum absolute atomic E-state index is 13.9. The fourth-order valence-electron chi connectivity index (χ4n) is 5.76. The summed E-state index contributed by atoms with van der Waals surface area (Å²) in [6.07, 6.45) is 9.31. The molecule has 180 valence electrons. The van der Waals surface area contributed by atoms with Crippen molar-refractivity contribution in [2.24, 2.45) is 11.8 Å². The van der Waals surface area contributed by atoms with Gasteiger partial charge in [-0.1, -0.05) is 54.6 Å². The number of nitrogens with zero attached hydrogens (tertiary/aromatic N) is 2. The third-order valence-corrected chi connectivity index (χ3v) is 7.24. The number of aliphatic hydroxyl groups is 1. The Morgan fingerprint density at radius 2 is 1.88 bits per heavy atom. The fraction of sp³-hybridized carbons (Fsp3) is 0.500. The van der Waals surface area contributed by atoms with Crippen LogP contribution >= 0.6 is 0 Å². The van der Waals surface area contributed by atoms with Gasteiger partial charge in [-0.05, 0) is 24.8 Å². The summed E-state index contributed by atoms with van der Waals surface area (Å²) in [4.78, 5) is 43.9. The lowest BCUT2D eigenvalue weighted by Crippen LogP contribution is -2.55. The van der Waals surface area contributed by atoms with Crippen LogP contribution in [0.2, 0.25) is 0 Å². The molecule has 1 spiro atoms. The second-order valence-corrected chi connectivity index (χ2v) is 9.30. The van der Waals surface area contributed by atoms with Crippen molar-refractivity contribution in [2.45, 2.75) is 43.6 Å². The lowest BCUT2D eigenvalue weighted by atomic mass is 9.78. The van der Waals surface area contributed by atoms with Crippen LogP contribution in [0, 0.1) is 11.8 Å². The summed E-state index contributed by atoms with van der Waals surface area (Å²) in [5.74, 6) is -2.80. The summed E-state index contributed by atoms with van der Waals surface area (Å²) in [5, 5.41) is 9.71. The van der Waals surface area contributed by atoms with Crippen LogP contribution in [0.1, 0.15) is 24.8 Å². The molecular weight excluding hydrogens is 436 g/mol. The number of carbonyl (C=O) groups is 3. The number of amides is 2. The number of ether oxygens (including phenoxy) is 2. The molecule has 4 aliphatic heterocycles. The number of likely N-dealkylation sites (tertiary alicyclic amines) is 1. The van der Waals surface area contributed by atoms with Crippen LogP contribution in [0.25, 0.3) is 0 Å². The maximum atomic E-state index is 13.9. The number of fused-ring (bicyclic) bond motifs is 2. The van der Waals surface area contributed by atoms with Crippen molar-refractivity contribution in [3.05, 3.63) is 60.2 Å². The van der Waals surface area contributed by atoms with Gasteiger partial charge in [-0.15, -0.1) is 0 Å². The SMILES string of the molecule is O=C1OCCCC/C=C\[C@@H]2O[C@]34C=CCN(Cc5ccccc5)C(=O)C3N(CCO)C(=O)[C@@H]4[C@H]12. The third kappa shape index (κ3) is 3.75. The van der Waals surface area contributed by atoms with Gasteiger partial charge in [0.2, 0.25) is 11.8 Å². The first-order valence-corrected chi connectivity index (χ1v) is 12.0. The Kier molecular flexibility index (Phi) is 6.27. The predicted molar refractivity (Wildman–Crippen MR) is 122 cm³/mol. The number of esters is 1. The molecule has 8 nitrogen and oxygen atoms in total. The second kappa shape index (κ2) is 9.35. The van der Waals surface area contributed by atoms with Gasteiger partial charge < -0.3 is 24.4 Å². The van der Waals surface area contributed by atoms with E-state index in [4.69, 9.17) is 9.47 Å². The van der Waals surface area contributed by atoms with Crippen LogP contribution in [-0.4, -0.2) is 76.7 Å². The number of aliphatic hydroxyl groups excluding tert-OH is 1. The highest BCUT2D eigenvalue weighted by Crippen LogP contribution is 2.53. The summed E-state index contributed by atoms with van der Waals surface area (Å²) >= 11 is 0. The largest absolute Gasteiger partial charge is 0.465 e. The number of cyclic esters (lactones) is 1. The number of carbonyl (C=O) groups excluding carboxylic acids is 3. The third-order valence-electron chi connectivity index (χ3n) is 7.24. The minimum absolute atomic E-state index is 0.00780. The molecule has 1 unspecified atom stereocenters. The smallest absolute Gasteiger partial charge is 0.312 e. The number of rotatable bonds is 4. The molecule has 1 N–H and O–H groups in total. The summed E-state index contributed by atoms with van der Waals surface area (Å²) in [6.45, 7) is 0.745. The molecule has 2 fully saturated rings. The normalized spacial score (nSPS) is 34.2. The fourth-order valence-corrected chi connectivity index (χ4v) is 5.76.